The Kier molecular flexibility index (Phi) is 3.50. The number of aromatic amines is 1. The standard InChI is InChI=1S/C15H18N4O/c1-2-12(10-6-8-16-9-7-10)17-15(20)14-11-4-3-5-13(11)18-19-14/h6-9,12H,2-5H2,1H3,(H,17,20)(H,18,19)/t12-/m0/s1. The van der Waals surface area contributed by atoms with Gasteiger partial charge in [0, 0.05) is 23.7 Å². The largest absolute Gasteiger partial charge is 0.344 e. The number of carbonyl (C=O) groups is 1. The number of rotatable bonds is 4. The molecule has 5 heteroatoms. The van der Waals surface area contributed by atoms with Crippen LogP contribution in [0.1, 0.15) is 53.1 Å². The number of amides is 1. The highest BCUT2D eigenvalue weighted by Gasteiger charge is 2.24. The van der Waals surface area contributed by atoms with E-state index >= 15 is 0 Å². The summed E-state index contributed by atoms with van der Waals surface area (Å²) in [5, 5.41) is 10.2. The third-order valence-corrected chi connectivity index (χ3v) is 3.84. The van der Waals surface area contributed by atoms with Crippen LogP contribution in [0.3, 0.4) is 0 Å². The van der Waals surface area contributed by atoms with E-state index in [9.17, 15) is 4.79 Å². The molecule has 2 aromatic rings. The molecule has 104 valence electrons. The predicted octanol–water partition coefficient (Wildman–Crippen LogP) is 2.17. The van der Waals surface area contributed by atoms with Crippen LogP contribution in [0.5, 0.6) is 0 Å². The molecule has 0 bridgehead atoms. The van der Waals surface area contributed by atoms with Gasteiger partial charge in [-0.25, -0.2) is 0 Å². The topological polar surface area (TPSA) is 70.7 Å². The molecule has 1 atom stereocenters. The molecule has 2 N–H and O–H groups in total. The molecule has 2 heterocycles. The Balaban J connectivity index is 1.77. The molecule has 20 heavy (non-hydrogen) atoms. The molecule has 0 spiro atoms. The zero-order valence-electron chi connectivity index (χ0n) is 11.5. The van der Waals surface area contributed by atoms with Crippen molar-refractivity contribution in [2.75, 3.05) is 0 Å². The second-order valence-corrected chi connectivity index (χ2v) is 5.10. The number of hydrogen-bond acceptors (Lipinski definition) is 3. The fourth-order valence-electron chi connectivity index (χ4n) is 2.75. The van der Waals surface area contributed by atoms with Gasteiger partial charge in [-0.1, -0.05) is 6.92 Å². The number of hydrogen-bond donors (Lipinski definition) is 2. The summed E-state index contributed by atoms with van der Waals surface area (Å²) in [6.45, 7) is 2.06. The minimum absolute atomic E-state index is 0.000692. The van der Waals surface area contributed by atoms with Gasteiger partial charge in [0.1, 0.15) is 0 Å². The normalized spacial score (nSPS) is 14.8. The fraction of sp³-hybridized carbons (Fsp3) is 0.400. The quantitative estimate of drug-likeness (QED) is 0.894. The molecule has 0 radical (unpaired) electrons. The third kappa shape index (κ3) is 2.31. The monoisotopic (exact) mass is 270 g/mol. The van der Waals surface area contributed by atoms with Crippen molar-refractivity contribution in [1.82, 2.24) is 20.5 Å². The zero-order chi connectivity index (χ0) is 13.9. The lowest BCUT2D eigenvalue weighted by Crippen LogP contribution is -2.29. The van der Waals surface area contributed by atoms with Crippen molar-refractivity contribution in [2.24, 2.45) is 0 Å². The van der Waals surface area contributed by atoms with E-state index in [1.807, 2.05) is 12.1 Å². The molecule has 0 fully saturated rings. The van der Waals surface area contributed by atoms with Gasteiger partial charge >= 0.3 is 0 Å². The molecule has 1 aliphatic carbocycles. The summed E-state index contributed by atoms with van der Waals surface area (Å²) < 4.78 is 0. The van der Waals surface area contributed by atoms with Crippen LogP contribution in [-0.4, -0.2) is 21.1 Å². The Morgan fingerprint density at radius 2 is 2.20 bits per heavy atom. The van der Waals surface area contributed by atoms with Crippen LogP contribution in [0.4, 0.5) is 0 Å². The van der Waals surface area contributed by atoms with Crippen molar-refractivity contribution in [3.63, 3.8) is 0 Å². The summed E-state index contributed by atoms with van der Waals surface area (Å²) in [5.41, 5.74) is 3.84. The summed E-state index contributed by atoms with van der Waals surface area (Å²) in [6, 6.07) is 3.87. The average molecular weight is 270 g/mol. The average Bonchev–Trinajstić information content (AvgIpc) is 3.08. The van der Waals surface area contributed by atoms with Crippen LogP contribution < -0.4 is 5.32 Å². The molecule has 1 aliphatic rings. The number of H-pyrrole nitrogens is 1. The summed E-state index contributed by atoms with van der Waals surface area (Å²) in [5.74, 6) is -0.0898. The number of nitrogens with zero attached hydrogens (tertiary/aromatic N) is 2. The Bertz CT molecular complexity index is 606. The number of pyridine rings is 1. The van der Waals surface area contributed by atoms with E-state index in [4.69, 9.17) is 0 Å². The van der Waals surface area contributed by atoms with Gasteiger partial charge in [-0.3, -0.25) is 14.9 Å². The zero-order valence-corrected chi connectivity index (χ0v) is 11.5. The molecular weight excluding hydrogens is 252 g/mol. The van der Waals surface area contributed by atoms with E-state index in [-0.39, 0.29) is 11.9 Å². The second kappa shape index (κ2) is 5.45. The Labute approximate surface area is 117 Å². The highest BCUT2D eigenvalue weighted by molar-refractivity contribution is 5.94. The number of nitrogens with one attached hydrogen (secondary N) is 2. The van der Waals surface area contributed by atoms with Crippen LogP contribution in [0.2, 0.25) is 0 Å². The van der Waals surface area contributed by atoms with Crippen LogP contribution in [0.25, 0.3) is 0 Å². The molecule has 0 aromatic carbocycles. The van der Waals surface area contributed by atoms with E-state index < -0.39 is 0 Å². The summed E-state index contributed by atoms with van der Waals surface area (Å²) >= 11 is 0. The highest BCUT2D eigenvalue weighted by atomic mass is 16.2. The maximum Gasteiger partial charge on any atom is 0.272 e. The predicted molar refractivity (Wildman–Crippen MR) is 75.3 cm³/mol. The van der Waals surface area contributed by atoms with Crippen LogP contribution >= 0.6 is 0 Å². The molecule has 0 saturated carbocycles. The number of aryl methyl sites for hydroxylation is 1. The SMILES string of the molecule is CC[C@H](NC(=O)c1n[nH]c2c1CCC2)c1ccncc1. The summed E-state index contributed by atoms with van der Waals surface area (Å²) in [7, 11) is 0. The molecule has 1 amide bonds. The minimum Gasteiger partial charge on any atom is -0.344 e. The smallest absolute Gasteiger partial charge is 0.272 e. The van der Waals surface area contributed by atoms with Crippen molar-refractivity contribution in [1.29, 1.82) is 0 Å². The first kappa shape index (κ1) is 12.8. The summed E-state index contributed by atoms with van der Waals surface area (Å²) in [6.07, 6.45) is 7.37. The lowest BCUT2D eigenvalue weighted by Gasteiger charge is -2.16. The van der Waals surface area contributed by atoms with E-state index in [2.05, 4.69) is 27.4 Å². The van der Waals surface area contributed by atoms with E-state index in [1.165, 1.54) is 0 Å². The van der Waals surface area contributed by atoms with Crippen molar-refractivity contribution in [3.8, 4) is 0 Å². The number of aromatic nitrogens is 3. The first-order valence-electron chi connectivity index (χ1n) is 7.06. The van der Waals surface area contributed by atoms with Gasteiger partial charge < -0.3 is 5.32 Å². The number of carbonyl (C=O) groups excluding carboxylic acids is 1. The molecule has 0 aliphatic heterocycles. The van der Waals surface area contributed by atoms with Crippen LogP contribution in [-0.2, 0) is 12.8 Å². The van der Waals surface area contributed by atoms with Crippen molar-refractivity contribution < 1.29 is 4.79 Å². The molecule has 5 nitrogen and oxygen atoms in total. The molecular formula is C15H18N4O. The highest BCUT2D eigenvalue weighted by Crippen LogP contribution is 2.23. The van der Waals surface area contributed by atoms with Crippen molar-refractivity contribution in [3.05, 3.63) is 47.0 Å². The lowest BCUT2D eigenvalue weighted by molar-refractivity contribution is 0.0929. The third-order valence-electron chi connectivity index (χ3n) is 3.84. The van der Waals surface area contributed by atoms with Gasteiger partial charge in [0.2, 0.25) is 0 Å². The lowest BCUT2D eigenvalue weighted by atomic mass is 10.1. The number of fused-ring (bicyclic) bond motifs is 1. The van der Waals surface area contributed by atoms with Crippen LogP contribution in [0, 0.1) is 0 Å². The molecule has 0 unspecified atom stereocenters. The van der Waals surface area contributed by atoms with E-state index in [0.717, 1.165) is 42.5 Å². The Hall–Kier alpha value is -2.17. The maximum absolute atomic E-state index is 12.4. The van der Waals surface area contributed by atoms with E-state index in [0.29, 0.717) is 5.69 Å². The molecule has 3 rings (SSSR count). The Morgan fingerprint density at radius 3 is 2.95 bits per heavy atom. The van der Waals surface area contributed by atoms with Crippen molar-refractivity contribution in [2.45, 2.75) is 38.6 Å². The van der Waals surface area contributed by atoms with Gasteiger partial charge in [-0.05, 0) is 43.4 Å². The molecule has 2 aromatic heterocycles. The van der Waals surface area contributed by atoms with E-state index in [1.54, 1.807) is 12.4 Å². The van der Waals surface area contributed by atoms with Gasteiger partial charge in [-0.15, -0.1) is 0 Å². The van der Waals surface area contributed by atoms with Gasteiger partial charge in [0.05, 0.1) is 6.04 Å². The van der Waals surface area contributed by atoms with Gasteiger partial charge in [-0.2, -0.15) is 5.10 Å². The first-order valence-corrected chi connectivity index (χ1v) is 7.06. The molecule has 0 saturated heterocycles. The fourth-order valence-corrected chi connectivity index (χ4v) is 2.75. The Morgan fingerprint density at radius 1 is 1.40 bits per heavy atom. The van der Waals surface area contributed by atoms with Gasteiger partial charge in [0.25, 0.3) is 5.91 Å². The summed E-state index contributed by atoms with van der Waals surface area (Å²) in [4.78, 5) is 16.4. The second-order valence-electron chi connectivity index (χ2n) is 5.10. The minimum atomic E-state index is -0.0898. The van der Waals surface area contributed by atoms with Crippen LogP contribution in [0.15, 0.2) is 24.5 Å². The first-order chi connectivity index (χ1) is 9.79. The van der Waals surface area contributed by atoms with Gasteiger partial charge in [0.15, 0.2) is 5.69 Å². The van der Waals surface area contributed by atoms with Crippen molar-refractivity contribution >= 4 is 5.91 Å². The maximum atomic E-state index is 12.4.